The van der Waals surface area contributed by atoms with Crippen LogP contribution in [-0.4, -0.2) is 11.1 Å². The van der Waals surface area contributed by atoms with Crippen molar-refractivity contribution in [2.45, 2.75) is 10.6 Å². The van der Waals surface area contributed by atoms with Gasteiger partial charge in [0.1, 0.15) is 5.82 Å². The molecule has 6 heteroatoms. The van der Waals surface area contributed by atoms with Gasteiger partial charge in [0.15, 0.2) is 0 Å². The van der Waals surface area contributed by atoms with Gasteiger partial charge in [0.25, 0.3) is 0 Å². The van der Waals surface area contributed by atoms with Gasteiger partial charge in [0, 0.05) is 21.4 Å². The summed E-state index contributed by atoms with van der Waals surface area (Å²) in [6.07, 6.45) is 0. The molecule has 2 rings (SSSR count). The molecule has 0 fully saturated rings. The molecule has 0 saturated heterocycles. The van der Waals surface area contributed by atoms with Gasteiger partial charge in [0.05, 0.1) is 5.56 Å². The summed E-state index contributed by atoms with van der Waals surface area (Å²) in [5.41, 5.74) is 6.14. The Labute approximate surface area is 124 Å². The molecular weight excluding hydrogens is 301 g/mol. The van der Waals surface area contributed by atoms with Crippen LogP contribution in [0.3, 0.4) is 0 Å². The first-order valence-corrected chi connectivity index (χ1v) is 7.04. The number of rotatable bonds is 4. The number of thioether (sulfide) groups is 1. The summed E-state index contributed by atoms with van der Waals surface area (Å²) >= 11 is 7.19. The van der Waals surface area contributed by atoms with Crippen molar-refractivity contribution in [3.63, 3.8) is 0 Å². The third-order valence-electron chi connectivity index (χ3n) is 2.68. The van der Waals surface area contributed by atoms with Crippen LogP contribution in [-0.2, 0) is 5.75 Å². The average Bonchev–Trinajstić information content (AvgIpc) is 2.39. The molecular formula is C14H11ClFNO2S. The van der Waals surface area contributed by atoms with Gasteiger partial charge in [-0.05, 0) is 23.8 Å². The van der Waals surface area contributed by atoms with Crippen LogP contribution in [0.5, 0.6) is 0 Å². The summed E-state index contributed by atoms with van der Waals surface area (Å²) in [6.45, 7) is 0. The van der Waals surface area contributed by atoms with Crippen molar-refractivity contribution >= 4 is 35.0 Å². The van der Waals surface area contributed by atoms with Crippen LogP contribution >= 0.6 is 23.4 Å². The van der Waals surface area contributed by atoms with E-state index in [1.165, 1.54) is 17.8 Å². The molecule has 0 heterocycles. The van der Waals surface area contributed by atoms with Crippen molar-refractivity contribution in [1.29, 1.82) is 0 Å². The fraction of sp³-hybridized carbons (Fsp3) is 0.0714. The molecule has 104 valence electrons. The first-order valence-electron chi connectivity index (χ1n) is 5.67. The molecule has 2 aromatic carbocycles. The Bertz CT molecular complexity index is 664. The second-order valence-electron chi connectivity index (χ2n) is 4.06. The lowest BCUT2D eigenvalue weighted by Gasteiger charge is -2.08. The van der Waals surface area contributed by atoms with E-state index < -0.39 is 11.8 Å². The number of carbonyl (C=O) groups is 1. The van der Waals surface area contributed by atoms with Crippen LogP contribution in [0.15, 0.2) is 41.3 Å². The zero-order valence-electron chi connectivity index (χ0n) is 10.3. The molecule has 0 saturated carbocycles. The number of nitrogens with two attached hydrogens (primary N) is 1. The van der Waals surface area contributed by atoms with Crippen molar-refractivity contribution in [3.8, 4) is 0 Å². The number of aromatic carboxylic acids is 1. The average molecular weight is 312 g/mol. The predicted molar refractivity (Wildman–Crippen MR) is 78.8 cm³/mol. The van der Waals surface area contributed by atoms with Crippen LogP contribution in [0.4, 0.5) is 10.1 Å². The summed E-state index contributed by atoms with van der Waals surface area (Å²) in [4.78, 5) is 11.2. The van der Waals surface area contributed by atoms with Crippen molar-refractivity contribution in [2.24, 2.45) is 0 Å². The minimum atomic E-state index is -1.18. The number of halogens is 2. The minimum absolute atomic E-state index is 0.0860. The van der Waals surface area contributed by atoms with E-state index in [2.05, 4.69) is 0 Å². The van der Waals surface area contributed by atoms with Gasteiger partial charge in [-0.25, -0.2) is 9.18 Å². The number of carboxylic acids is 1. The lowest BCUT2D eigenvalue weighted by molar-refractivity contribution is 0.0697. The van der Waals surface area contributed by atoms with Crippen LogP contribution in [0.2, 0.25) is 5.02 Å². The number of hydrogen-bond acceptors (Lipinski definition) is 3. The maximum Gasteiger partial charge on any atom is 0.337 e. The monoisotopic (exact) mass is 311 g/mol. The van der Waals surface area contributed by atoms with Gasteiger partial charge >= 0.3 is 5.97 Å². The van der Waals surface area contributed by atoms with E-state index >= 15 is 0 Å². The van der Waals surface area contributed by atoms with Crippen molar-refractivity contribution in [3.05, 3.63) is 58.4 Å². The molecule has 0 bridgehead atoms. The fourth-order valence-electron chi connectivity index (χ4n) is 1.64. The van der Waals surface area contributed by atoms with Crippen molar-refractivity contribution in [1.82, 2.24) is 0 Å². The molecule has 0 amide bonds. The highest BCUT2D eigenvalue weighted by Gasteiger charge is 2.14. The van der Waals surface area contributed by atoms with Crippen LogP contribution in [0.1, 0.15) is 15.9 Å². The third-order valence-corrected chi connectivity index (χ3v) is 4.12. The zero-order chi connectivity index (χ0) is 14.7. The molecule has 0 aliphatic carbocycles. The Morgan fingerprint density at radius 2 is 2.05 bits per heavy atom. The molecule has 3 N–H and O–H groups in total. The van der Waals surface area contributed by atoms with E-state index in [1.807, 2.05) is 18.2 Å². The van der Waals surface area contributed by atoms with Gasteiger partial charge < -0.3 is 10.8 Å². The highest BCUT2D eigenvalue weighted by atomic mass is 35.5. The van der Waals surface area contributed by atoms with Gasteiger partial charge in [-0.3, -0.25) is 0 Å². The zero-order valence-corrected chi connectivity index (χ0v) is 11.8. The van der Waals surface area contributed by atoms with E-state index in [0.29, 0.717) is 10.8 Å². The van der Waals surface area contributed by atoms with Crippen LogP contribution in [0.25, 0.3) is 0 Å². The Morgan fingerprint density at radius 1 is 1.35 bits per heavy atom. The topological polar surface area (TPSA) is 63.3 Å². The number of nitrogen functional groups attached to an aromatic ring is 1. The Hall–Kier alpha value is -1.72. The summed E-state index contributed by atoms with van der Waals surface area (Å²) in [7, 11) is 0. The van der Waals surface area contributed by atoms with Crippen molar-refractivity contribution in [2.75, 3.05) is 5.73 Å². The summed E-state index contributed by atoms with van der Waals surface area (Å²) in [5.74, 6) is -1.27. The molecule has 0 atom stereocenters. The van der Waals surface area contributed by atoms with Crippen LogP contribution < -0.4 is 5.73 Å². The quantitative estimate of drug-likeness (QED) is 0.660. The van der Waals surface area contributed by atoms with Crippen LogP contribution in [0, 0.1) is 5.82 Å². The Morgan fingerprint density at radius 3 is 2.70 bits per heavy atom. The van der Waals surface area contributed by atoms with E-state index in [9.17, 15) is 9.18 Å². The number of carboxylic acid groups (broad SMARTS) is 1. The second-order valence-corrected chi connectivity index (χ2v) is 5.48. The first kappa shape index (κ1) is 14.7. The first-order chi connectivity index (χ1) is 9.49. The minimum Gasteiger partial charge on any atom is -0.478 e. The Balaban J connectivity index is 2.24. The molecule has 3 nitrogen and oxygen atoms in total. The Kier molecular flexibility index (Phi) is 4.52. The molecule has 0 radical (unpaired) electrons. The van der Waals surface area contributed by atoms with Gasteiger partial charge in [-0.1, -0.05) is 29.8 Å². The maximum absolute atomic E-state index is 13.8. The lowest BCUT2D eigenvalue weighted by Crippen LogP contribution is -2.03. The standard InChI is InChI=1S/C14H11ClFNO2S/c15-10-4-2-1-3-8(10)7-20-13-5-9(14(18)19)12(17)6-11(13)16/h1-6H,7,17H2,(H,18,19). The van der Waals surface area contributed by atoms with E-state index in [1.54, 1.807) is 6.07 Å². The molecule has 0 unspecified atom stereocenters. The molecule has 20 heavy (non-hydrogen) atoms. The normalized spacial score (nSPS) is 10.5. The highest BCUT2D eigenvalue weighted by Crippen LogP contribution is 2.31. The molecule has 0 spiro atoms. The van der Waals surface area contributed by atoms with Gasteiger partial charge in [-0.2, -0.15) is 0 Å². The van der Waals surface area contributed by atoms with E-state index in [0.717, 1.165) is 11.6 Å². The SMILES string of the molecule is Nc1cc(F)c(SCc2ccccc2Cl)cc1C(=O)O. The summed E-state index contributed by atoms with van der Waals surface area (Å²) in [6, 6.07) is 9.50. The van der Waals surface area contributed by atoms with Gasteiger partial charge in [0.2, 0.25) is 0 Å². The van der Waals surface area contributed by atoms with E-state index in [-0.39, 0.29) is 16.1 Å². The van der Waals surface area contributed by atoms with Gasteiger partial charge in [-0.15, -0.1) is 11.8 Å². The predicted octanol–water partition coefficient (Wildman–Crippen LogP) is 4.05. The second kappa shape index (κ2) is 6.15. The number of hydrogen-bond donors (Lipinski definition) is 2. The number of anilines is 1. The highest BCUT2D eigenvalue weighted by molar-refractivity contribution is 7.98. The maximum atomic E-state index is 13.8. The summed E-state index contributed by atoms with van der Waals surface area (Å²) in [5, 5.41) is 9.57. The smallest absolute Gasteiger partial charge is 0.337 e. The third kappa shape index (κ3) is 3.23. The molecule has 2 aromatic rings. The van der Waals surface area contributed by atoms with Crippen molar-refractivity contribution < 1.29 is 14.3 Å². The molecule has 0 aliphatic rings. The molecule has 0 aromatic heterocycles. The molecule has 0 aliphatic heterocycles. The lowest BCUT2D eigenvalue weighted by atomic mass is 10.2. The fourth-order valence-corrected chi connectivity index (χ4v) is 2.88. The van der Waals surface area contributed by atoms with E-state index in [4.69, 9.17) is 22.4 Å². The number of benzene rings is 2. The largest absolute Gasteiger partial charge is 0.478 e. The summed E-state index contributed by atoms with van der Waals surface area (Å²) < 4.78 is 13.8.